The Morgan fingerprint density at radius 2 is 2.07 bits per heavy atom. The van der Waals surface area contributed by atoms with Gasteiger partial charge in [0, 0.05) is 13.0 Å². The second-order valence-electron chi connectivity index (χ2n) is 2.77. The molecular formula is C8H15NO5. The normalized spacial score (nSPS) is 12.1. The number of ether oxygens (including phenoxy) is 2. The average molecular weight is 205 g/mol. The highest BCUT2D eigenvalue weighted by atomic mass is 16.6. The van der Waals surface area contributed by atoms with Crippen LogP contribution in [-0.2, 0) is 19.1 Å². The summed E-state index contributed by atoms with van der Waals surface area (Å²) in [4.78, 5) is 20.5. The Morgan fingerprint density at radius 1 is 1.43 bits per heavy atom. The second-order valence-corrected chi connectivity index (χ2v) is 2.77. The minimum absolute atomic E-state index is 0.131. The highest BCUT2D eigenvalue weighted by Crippen LogP contribution is 1.89. The van der Waals surface area contributed by atoms with Gasteiger partial charge in [-0.15, -0.1) is 0 Å². The molecule has 0 saturated carbocycles. The van der Waals surface area contributed by atoms with Crippen LogP contribution in [0.25, 0.3) is 0 Å². The van der Waals surface area contributed by atoms with Crippen molar-refractivity contribution >= 4 is 11.9 Å². The molecule has 0 amide bonds. The van der Waals surface area contributed by atoms with Gasteiger partial charge in [0.1, 0.15) is 6.61 Å². The molecule has 0 spiro atoms. The third kappa shape index (κ3) is 8.95. The standard InChI is InChI=1S/C8H15NO5/c1-6(10)14-3-2-13-5-7(9)4-8(11)12/h7H,2-5,9H2,1H3,(H,11,12). The molecule has 0 aromatic heterocycles. The molecule has 6 heteroatoms. The molecule has 0 aliphatic carbocycles. The van der Waals surface area contributed by atoms with Gasteiger partial charge >= 0.3 is 11.9 Å². The van der Waals surface area contributed by atoms with Crippen LogP contribution >= 0.6 is 0 Å². The molecule has 0 aliphatic heterocycles. The molecule has 6 nitrogen and oxygen atoms in total. The van der Waals surface area contributed by atoms with Crippen molar-refractivity contribution in [3.05, 3.63) is 0 Å². The lowest BCUT2D eigenvalue weighted by molar-refractivity contribution is -0.142. The molecule has 0 heterocycles. The number of nitrogens with two attached hydrogens (primary N) is 1. The number of hydrogen-bond acceptors (Lipinski definition) is 5. The van der Waals surface area contributed by atoms with Crippen LogP contribution in [0.2, 0.25) is 0 Å². The van der Waals surface area contributed by atoms with Crippen molar-refractivity contribution in [2.45, 2.75) is 19.4 Å². The Kier molecular flexibility index (Phi) is 6.69. The first-order chi connectivity index (χ1) is 6.52. The van der Waals surface area contributed by atoms with Crippen molar-refractivity contribution in [2.75, 3.05) is 19.8 Å². The number of hydrogen-bond donors (Lipinski definition) is 2. The summed E-state index contributed by atoms with van der Waals surface area (Å²) < 4.78 is 9.56. The van der Waals surface area contributed by atoms with E-state index in [1.54, 1.807) is 0 Å². The predicted molar refractivity (Wildman–Crippen MR) is 47.7 cm³/mol. The van der Waals surface area contributed by atoms with E-state index in [1.807, 2.05) is 0 Å². The van der Waals surface area contributed by atoms with Crippen molar-refractivity contribution < 1.29 is 24.2 Å². The molecule has 0 saturated heterocycles. The quantitative estimate of drug-likeness (QED) is 0.424. The number of carbonyl (C=O) groups excluding carboxylic acids is 1. The third-order valence-corrected chi connectivity index (χ3v) is 1.30. The summed E-state index contributed by atoms with van der Waals surface area (Å²) in [6.07, 6.45) is -0.131. The lowest BCUT2D eigenvalue weighted by atomic mass is 10.2. The minimum atomic E-state index is -0.957. The van der Waals surface area contributed by atoms with Gasteiger partial charge in [-0.05, 0) is 0 Å². The maximum Gasteiger partial charge on any atom is 0.305 e. The molecule has 0 aliphatic rings. The Bertz CT molecular complexity index is 194. The van der Waals surface area contributed by atoms with Gasteiger partial charge in [0.25, 0.3) is 0 Å². The van der Waals surface area contributed by atoms with E-state index in [-0.39, 0.29) is 32.2 Å². The summed E-state index contributed by atoms with van der Waals surface area (Å²) in [5.41, 5.74) is 5.40. The van der Waals surface area contributed by atoms with Crippen molar-refractivity contribution in [3.63, 3.8) is 0 Å². The molecule has 0 aromatic rings. The van der Waals surface area contributed by atoms with Gasteiger partial charge in [-0.1, -0.05) is 0 Å². The van der Waals surface area contributed by atoms with Crippen molar-refractivity contribution in [1.82, 2.24) is 0 Å². The van der Waals surface area contributed by atoms with E-state index in [0.29, 0.717) is 0 Å². The Balaban J connectivity index is 3.27. The Morgan fingerprint density at radius 3 is 2.57 bits per heavy atom. The third-order valence-electron chi connectivity index (χ3n) is 1.30. The predicted octanol–water partition coefficient (Wildman–Crippen LogP) is -0.632. The van der Waals surface area contributed by atoms with E-state index in [1.165, 1.54) is 6.92 Å². The SMILES string of the molecule is CC(=O)OCCOCC(N)CC(=O)O. The summed E-state index contributed by atoms with van der Waals surface area (Å²) in [6.45, 7) is 1.84. The second kappa shape index (κ2) is 7.28. The highest BCUT2D eigenvalue weighted by Gasteiger charge is 2.07. The fourth-order valence-electron chi connectivity index (χ4n) is 0.762. The average Bonchev–Trinajstić information content (AvgIpc) is 2.01. The summed E-state index contributed by atoms with van der Waals surface area (Å²) in [6, 6.07) is -0.523. The summed E-state index contributed by atoms with van der Waals surface area (Å²) in [5.74, 6) is -1.33. The molecule has 82 valence electrons. The first-order valence-corrected chi connectivity index (χ1v) is 4.21. The topological polar surface area (TPSA) is 98.9 Å². The fraction of sp³-hybridized carbons (Fsp3) is 0.750. The first kappa shape index (κ1) is 12.9. The zero-order valence-corrected chi connectivity index (χ0v) is 8.06. The van der Waals surface area contributed by atoms with Crippen LogP contribution in [0.3, 0.4) is 0 Å². The fourth-order valence-corrected chi connectivity index (χ4v) is 0.762. The number of carboxylic acids is 1. The molecule has 14 heavy (non-hydrogen) atoms. The maximum atomic E-state index is 10.3. The molecular weight excluding hydrogens is 190 g/mol. The van der Waals surface area contributed by atoms with Gasteiger partial charge < -0.3 is 20.3 Å². The minimum Gasteiger partial charge on any atom is -0.481 e. The van der Waals surface area contributed by atoms with E-state index < -0.39 is 12.0 Å². The lowest BCUT2D eigenvalue weighted by Gasteiger charge is -2.09. The van der Waals surface area contributed by atoms with E-state index in [2.05, 4.69) is 4.74 Å². The van der Waals surface area contributed by atoms with Gasteiger partial charge in [0.2, 0.25) is 0 Å². The van der Waals surface area contributed by atoms with E-state index in [9.17, 15) is 9.59 Å². The van der Waals surface area contributed by atoms with Gasteiger partial charge in [0.15, 0.2) is 0 Å². The van der Waals surface area contributed by atoms with E-state index >= 15 is 0 Å². The Hall–Kier alpha value is -1.14. The van der Waals surface area contributed by atoms with Gasteiger partial charge in [-0.2, -0.15) is 0 Å². The number of esters is 1. The van der Waals surface area contributed by atoms with Crippen LogP contribution in [0, 0.1) is 0 Å². The molecule has 1 atom stereocenters. The molecule has 0 rings (SSSR count). The molecule has 0 radical (unpaired) electrons. The van der Waals surface area contributed by atoms with Crippen molar-refractivity contribution in [3.8, 4) is 0 Å². The van der Waals surface area contributed by atoms with Crippen LogP contribution in [0.1, 0.15) is 13.3 Å². The summed E-state index contributed by atoms with van der Waals surface area (Å²) >= 11 is 0. The Labute approximate surface area is 82.0 Å². The van der Waals surface area contributed by atoms with Crippen molar-refractivity contribution in [1.29, 1.82) is 0 Å². The maximum absolute atomic E-state index is 10.3. The highest BCUT2D eigenvalue weighted by molar-refractivity contribution is 5.67. The summed E-state index contributed by atoms with van der Waals surface area (Å²) in [7, 11) is 0. The number of rotatable bonds is 7. The molecule has 0 bridgehead atoms. The van der Waals surface area contributed by atoms with Gasteiger partial charge in [-0.25, -0.2) is 0 Å². The van der Waals surface area contributed by atoms with E-state index in [4.69, 9.17) is 15.6 Å². The molecule has 3 N–H and O–H groups in total. The zero-order chi connectivity index (χ0) is 11.0. The summed E-state index contributed by atoms with van der Waals surface area (Å²) in [5, 5.41) is 8.35. The zero-order valence-electron chi connectivity index (χ0n) is 8.06. The number of carbonyl (C=O) groups is 2. The molecule has 1 unspecified atom stereocenters. The largest absolute Gasteiger partial charge is 0.481 e. The lowest BCUT2D eigenvalue weighted by Crippen LogP contribution is -2.29. The van der Waals surface area contributed by atoms with Crippen molar-refractivity contribution in [2.24, 2.45) is 5.73 Å². The molecule has 0 aromatic carbocycles. The van der Waals surface area contributed by atoms with Gasteiger partial charge in [0.05, 0.1) is 19.6 Å². The van der Waals surface area contributed by atoms with Crippen LogP contribution < -0.4 is 5.73 Å². The van der Waals surface area contributed by atoms with Crippen LogP contribution in [-0.4, -0.2) is 42.9 Å². The van der Waals surface area contributed by atoms with Crippen LogP contribution in [0.15, 0.2) is 0 Å². The first-order valence-electron chi connectivity index (χ1n) is 4.21. The monoisotopic (exact) mass is 205 g/mol. The van der Waals surface area contributed by atoms with Crippen LogP contribution in [0.4, 0.5) is 0 Å². The van der Waals surface area contributed by atoms with Crippen LogP contribution in [0.5, 0.6) is 0 Å². The van der Waals surface area contributed by atoms with E-state index in [0.717, 1.165) is 0 Å². The van der Waals surface area contributed by atoms with Gasteiger partial charge in [-0.3, -0.25) is 9.59 Å². The number of carboxylic acid groups (broad SMARTS) is 1. The number of aliphatic carboxylic acids is 1. The molecule has 0 fully saturated rings. The smallest absolute Gasteiger partial charge is 0.305 e.